The molecule has 0 saturated carbocycles. The van der Waals surface area contributed by atoms with Gasteiger partial charge in [-0.3, -0.25) is 10.3 Å². The average Bonchev–Trinajstić information content (AvgIpc) is 3.28. The quantitative estimate of drug-likeness (QED) is 0.858. The fourth-order valence-corrected chi connectivity index (χ4v) is 3.26. The Morgan fingerprint density at radius 2 is 1.93 bits per heavy atom. The van der Waals surface area contributed by atoms with Gasteiger partial charge >= 0.3 is 12.2 Å². The number of hydrogen-bond acceptors (Lipinski definition) is 5. The van der Waals surface area contributed by atoms with E-state index in [-0.39, 0.29) is 11.3 Å². The average molecular weight is 396 g/mol. The largest absolute Gasteiger partial charge is 0.416 e. The summed E-state index contributed by atoms with van der Waals surface area (Å²) in [6.45, 7) is 4.05. The molecule has 2 aliphatic heterocycles. The number of ether oxygens (including phenoxy) is 1. The molecule has 2 aromatic rings. The molecular weight excluding hydrogens is 377 g/mol. The smallest absolute Gasteiger partial charge is 0.379 e. The van der Waals surface area contributed by atoms with Gasteiger partial charge in [0.2, 0.25) is 5.88 Å². The number of rotatable bonds is 3. The van der Waals surface area contributed by atoms with Crippen molar-refractivity contribution in [1.82, 2.24) is 10.2 Å². The van der Waals surface area contributed by atoms with E-state index in [4.69, 9.17) is 9.26 Å². The SMILES string of the molecule is CC1(c2cc(NC(=O)N3CCCN3c3ccc(C(F)(F)F)cc3)on2)COC1. The maximum atomic E-state index is 12.7. The first-order valence-corrected chi connectivity index (χ1v) is 8.84. The van der Waals surface area contributed by atoms with Crippen LogP contribution in [-0.4, -0.2) is 42.5 Å². The third kappa shape index (κ3) is 3.39. The van der Waals surface area contributed by atoms with E-state index in [1.54, 1.807) is 11.1 Å². The zero-order chi connectivity index (χ0) is 19.9. The molecule has 0 atom stereocenters. The minimum absolute atomic E-state index is 0.215. The van der Waals surface area contributed by atoms with Gasteiger partial charge in [-0.05, 0) is 37.6 Å². The number of anilines is 2. The van der Waals surface area contributed by atoms with Gasteiger partial charge in [0, 0.05) is 19.2 Å². The van der Waals surface area contributed by atoms with E-state index in [1.807, 2.05) is 6.92 Å². The van der Waals surface area contributed by atoms with Crippen LogP contribution in [0, 0.1) is 0 Å². The first-order valence-electron chi connectivity index (χ1n) is 8.84. The van der Waals surface area contributed by atoms with Crippen LogP contribution in [0.3, 0.4) is 0 Å². The lowest BCUT2D eigenvalue weighted by Crippen LogP contribution is -2.44. The number of carbonyl (C=O) groups excluding carboxylic acids is 1. The summed E-state index contributed by atoms with van der Waals surface area (Å²) in [5.74, 6) is 0.215. The molecular formula is C18H19F3N4O3. The summed E-state index contributed by atoms with van der Waals surface area (Å²) < 4.78 is 48.6. The summed E-state index contributed by atoms with van der Waals surface area (Å²) in [5, 5.41) is 9.74. The first kappa shape index (κ1) is 18.6. The lowest BCUT2D eigenvalue weighted by atomic mass is 9.85. The van der Waals surface area contributed by atoms with Crippen molar-refractivity contribution in [2.24, 2.45) is 0 Å². The van der Waals surface area contributed by atoms with Crippen LogP contribution in [-0.2, 0) is 16.3 Å². The summed E-state index contributed by atoms with van der Waals surface area (Å²) >= 11 is 0. The van der Waals surface area contributed by atoms with Crippen molar-refractivity contribution in [3.8, 4) is 0 Å². The molecule has 0 radical (unpaired) electrons. The molecule has 1 aromatic heterocycles. The fraction of sp³-hybridized carbons (Fsp3) is 0.444. The van der Waals surface area contributed by atoms with Crippen molar-refractivity contribution < 1.29 is 27.2 Å². The van der Waals surface area contributed by atoms with E-state index in [0.29, 0.717) is 44.1 Å². The van der Waals surface area contributed by atoms with Crippen molar-refractivity contribution in [2.75, 3.05) is 36.6 Å². The normalized spacial score (nSPS) is 18.9. The third-order valence-electron chi connectivity index (χ3n) is 4.96. The number of alkyl halides is 3. The highest BCUT2D eigenvalue weighted by molar-refractivity contribution is 5.89. The van der Waals surface area contributed by atoms with Gasteiger partial charge in [0.1, 0.15) is 0 Å². The molecule has 2 fully saturated rings. The lowest BCUT2D eigenvalue weighted by Gasteiger charge is -2.35. The van der Waals surface area contributed by atoms with Gasteiger partial charge in [0.05, 0.1) is 35.6 Å². The van der Waals surface area contributed by atoms with Gasteiger partial charge in [0.15, 0.2) is 0 Å². The van der Waals surface area contributed by atoms with E-state index in [0.717, 1.165) is 12.1 Å². The van der Waals surface area contributed by atoms with Gasteiger partial charge in [-0.1, -0.05) is 5.16 Å². The van der Waals surface area contributed by atoms with Crippen LogP contribution >= 0.6 is 0 Å². The van der Waals surface area contributed by atoms with Crippen molar-refractivity contribution in [1.29, 1.82) is 0 Å². The highest BCUT2D eigenvalue weighted by atomic mass is 19.4. The summed E-state index contributed by atoms with van der Waals surface area (Å²) in [7, 11) is 0. The fourth-order valence-electron chi connectivity index (χ4n) is 3.26. The second kappa shape index (κ2) is 6.69. The molecule has 10 heteroatoms. The third-order valence-corrected chi connectivity index (χ3v) is 4.96. The Kier molecular flexibility index (Phi) is 4.45. The molecule has 1 aromatic carbocycles. The summed E-state index contributed by atoms with van der Waals surface area (Å²) in [4.78, 5) is 12.6. The molecule has 2 amide bonds. The Labute approximate surface area is 159 Å². The van der Waals surface area contributed by atoms with Crippen LogP contribution in [0.4, 0.5) is 29.5 Å². The number of hydrazine groups is 1. The number of urea groups is 1. The van der Waals surface area contributed by atoms with Crippen LogP contribution < -0.4 is 10.3 Å². The van der Waals surface area contributed by atoms with Gasteiger partial charge in [-0.25, -0.2) is 9.80 Å². The number of nitrogens with one attached hydrogen (secondary N) is 1. The molecule has 1 N–H and O–H groups in total. The minimum atomic E-state index is -4.40. The van der Waals surface area contributed by atoms with Crippen LogP contribution in [0.25, 0.3) is 0 Å². The number of hydrogen-bond donors (Lipinski definition) is 1. The molecule has 0 spiro atoms. The summed E-state index contributed by atoms with van der Waals surface area (Å²) in [5.41, 5.74) is 0.272. The van der Waals surface area contributed by atoms with Gasteiger partial charge in [-0.15, -0.1) is 0 Å². The molecule has 4 rings (SSSR count). The molecule has 2 saturated heterocycles. The molecule has 7 nitrogen and oxygen atoms in total. The van der Waals surface area contributed by atoms with Crippen molar-refractivity contribution in [3.05, 3.63) is 41.6 Å². The van der Waals surface area contributed by atoms with E-state index in [1.165, 1.54) is 17.1 Å². The molecule has 28 heavy (non-hydrogen) atoms. The summed E-state index contributed by atoms with van der Waals surface area (Å²) in [6.07, 6.45) is -3.70. The van der Waals surface area contributed by atoms with E-state index in [2.05, 4.69) is 10.5 Å². The standard InChI is InChI=1S/C18H19F3N4O3/c1-17(10-27-11-17)14-9-15(28-23-14)22-16(26)25-8-2-7-24(25)13-5-3-12(4-6-13)18(19,20)21/h3-6,9H,2,7-8,10-11H2,1H3,(H,22,26). The molecule has 150 valence electrons. The molecule has 0 aliphatic carbocycles. The predicted molar refractivity (Wildman–Crippen MR) is 93.8 cm³/mol. The first-order chi connectivity index (χ1) is 13.3. The maximum Gasteiger partial charge on any atom is 0.416 e. The highest BCUT2D eigenvalue weighted by Crippen LogP contribution is 2.33. The number of benzene rings is 1. The predicted octanol–water partition coefficient (Wildman–Crippen LogP) is 3.64. The Hall–Kier alpha value is -2.75. The Morgan fingerprint density at radius 3 is 2.54 bits per heavy atom. The Balaban J connectivity index is 1.45. The number of amides is 2. The van der Waals surface area contributed by atoms with Gasteiger partial charge in [0.25, 0.3) is 0 Å². The van der Waals surface area contributed by atoms with Crippen LogP contribution in [0.15, 0.2) is 34.9 Å². The summed E-state index contributed by atoms with van der Waals surface area (Å²) in [6, 6.07) is 5.97. The maximum absolute atomic E-state index is 12.7. The Morgan fingerprint density at radius 1 is 1.21 bits per heavy atom. The van der Waals surface area contributed by atoms with Crippen molar-refractivity contribution in [2.45, 2.75) is 24.9 Å². The zero-order valence-electron chi connectivity index (χ0n) is 15.1. The second-order valence-electron chi connectivity index (χ2n) is 7.20. The van der Waals surface area contributed by atoms with Crippen LogP contribution in [0.5, 0.6) is 0 Å². The molecule has 3 heterocycles. The molecule has 0 unspecified atom stereocenters. The zero-order valence-corrected chi connectivity index (χ0v) is 15.1. The second-order valence-corrected chi connectivity index (χ2v) is 7.20. The topological polar surface area (TPSA) is 70.8 Å². The minimum Gasteiger partial charge on any atom is -0.379 e. The van der Waals surface area contributed by atoms with Crippen molar-refractivity contribution in [3.63, 3.8) is 0 Å². The van der Waals surface area contributed by atoms with Crippen LogP contribution in [0.2, 0.25) is 0 Å². The van der Waals surface area contributed by atoms with Gasteiger partial charge < -0.3 is 9.26 Å². The highest BCUT2D eigenvalue weighted by Gasteiger charge is 2.39. The molecule has 0 bridgehead atoms. The van der Waals surface area contributed by atoms with Crippen LogP contribution in [0.1, 0.15) is 24.6 Å². The van der Waals surface area contributed by atoms with E-state index in [9.17, 15) is 18.0 Å². The van der Waals surface area contributed by atoms with Crippen molar-refractivity contribution >= 4 is 17.6 Å². The van der Waals surface area contributed by atoms with E-state index >= 15 is 0 Å². The number of carbonyl (C=O) groups is 1. The lowest BCUT2D eigenvalue weighted by molar-refractivity contribution is -0.137. The van der Waals surface area contributed by atoms with Gasteiger partial charge in [-0.2, -0.15) is 13.2 Å². The monoisotopic (exact) mass is 396 g/mol. The number of halogens is 3. The molecule has 2 aliphatic rings. The Bertz CT molecular complexity index is 862. The van der Waals surface area contributed by atoms with E-state index < -0.39 is 17.8 Å². The number of aromatic nitrogens is 1. The number of nitrogens with zero attached hydrogens (tertiary/aromatic N) is 3.